The van der Waals surface area contributed by atoms with Crippen molar-refractivity contribution in [2.24, 2.45) is 5.41 Å². The van der Waals surface area contributed by atoms with Crippen LogP contribution in [0.4, 0.5) is 0 Å². The molecular formula is C23H24N4O. The molecule has 3 aromatic rings. The van der Waals surface area contributed by atoms with Crippen molar-refractivity contribution in [2.45, 2.75) is 19.3 Å². The van der Waals surface area contributed by atoms with E-state index in [4.69, 9.17) is 4.98 Å². The highest BCUT2D eigenvalue weighted by Crippen LogP contribution is 2.37. The standard InChI is InChI=1S/C23H24N4O/c28-22(27-13-8-23(9-14-27)7-12-25-16-23)19-15-21(17-5-10-24-11-6-17)26-20-4-2-1-3-18(19)20/h1-6,10-11,15,25H,7-9,12-14,16H2. The third kappa shape index (κ3) is 3.06. The summed E-state index contributed by atoms with van der Waals surface area (Å²) in [5.41, 5.74) is 3.80. The van der Waals surface area contributed by atoms with Gasteiger partial charge < -0.3 is 10.2 Å². The lowest BCUT2D eigenvalue weighted by atomic mass is 9.77. The number of pyridine rings is 2. The van der Waals surface area contributed by atoms with E-state index in [1.165, 1.54) is 6.42 Å². The minimum Gasteiger partial charge on any atom is -0.339 e. The van der Waals surface area contributed by atoms with E-state index in [1.54, 1.807) is 12.4 Å². The maximum Gasteiger partial charge on any atom is 0.254 e. The number of hydrogen-bond acceptors (Lipinski definition) is 4. The number of carbonyl (C=O) groups is 1. The molecule has 2 aliphatic rings. The molecule has 5 rings (SSSR count). The zero-order chi connectivity index (χ0) is 19.0. The Hall–Kier alpha value is -2.79. The highest BCUT2D eigenvalue weighted by molar-refractivity contribution is 6.07. The lowest BCUT2D eigenvalue weighted by Crippen LogP contribution is -2.44. The fourth-order valence-electron chi connectivity index (χ4n) is 4.60. The third-order valence-corrected chi connectivity index (χ3v) is 6.37. The van der Waals surface area contributed by atoms with E-state index in [-0.39, 0.29) is 5.91 Å². The number of aromatic nitrogens is 2. The van der Waals surface area contributed by atoms with E-state index in [0.717, 1.165) is 66.7 Å². The van der Waals surface area contributed by atoms with E-state index in [9.17, 15) is 4.79 Å². The second-order valence-corrected chi connectivity index (χ2v) is 8.03. The van der Waals surface area contributed by atoms with Gasteiger partial charge in [0.15, 0.2) is 0 Å². The maximum absolute atomic E-state index is 13.5. The molecule has 0 aliphatic carbocycles. The topological polar surface area (TPSA) is 58.1 Å². The molecule has 5 heteroatoms. The molecule has 0 radical (unpaired) electrons. The van der Waals surface area contributed by atoms with Gasteiger partial charge in [0.2, 0.25) is 0 Å². The van der Waals surface area contributed by atoms with E-state index in [1.807, 2.05) is 47.4 Å². The molecule has 4 heterocycles. The Kier molecular flexibility index (Phi) is 4.32. The largest absolute Gasteiger partial charge is 0.339 e. The minimum absolute atomic E-state index is 0.120. The number of nitrogens with zero attached hydrogens (tertiary/aromatic N) is 3. The van der Waals surface area contributed by atoms with Crippen molar-refractivity contribution < 1.29 is 4.79 Å². The fourth-order valence-corrected chi connectivity index (χ4v) is 4.60. The highest BCUT2D eigenvalue weighted by atomic mass is 16.2. The van der Waals surface area contributed by atoms with Crippen LogP contribution < -0.4 is 5.32 Å². The van der Waals surface area contributed by atoms with Gasteiger partial charge in [-0.3, -0.25) is 9.78 Å². The van der Waals surface area contributed by atoms with Gasteiger partial charge in [-0.1, -0.05) is 18.2 Å². The van der Waals surface area contributed by atoms with E-state index >= 15 is 0 Å². The molecule has 0 atom stereocenters. The van der Waals surface area contributed by atoms with Crippen LogP contribution in [-0.4, -0.2) is 47.0 Å². The van der Waals surface area contributed by atoms with E-state index < -0.39 is 0 Å². The molecule has 2 aliphatic heterocycles. The number of fused-ring (bicyclic) bond motifs is 1. The molecule has 1 N–H and O–H groups in total. The van der Waals surface area contributed by atoms with Crippen LogP contribution in [0.25, 0.3) is 22.2 Å². The van der Waals surface area contributed by atoms with Gasteiger partial charge >= 0.3 is 0 Å². The first-order valence-electron chi connectivity index (χ1n) is 10.0. The van der Waals surface area contributed by atoms with Crippen molar-refractivity contribution in [1.82, 2.24) is 20.2 Å². The lowest BCUT2D eigenvalue weighted by molar-refractivity contribution is 0.0609. The third-order valence-electron chi connectivity index (χ3n) is 6.37. The van der Waals surface area contributed by atoms with Crippen LogP contribution in [0.15, 0.2) is 54.9 Å². The Morgan fingerprint density at radius 3 is 2.57 bits per heavy atom. The summed E-state index contributed by atoms with van der Waals surface area (Å²) in [7, 11) is 0. The SMILES string of the molecule is O=C(c1cc(-c2ccncc2)nc2ccccc12)N1CCC2(CCNC2)CC1. The number of rotatable bonds is 2. The Bertz CT molecular complexity index is 1000. The summed E-state index contributed by atoms with van der Waals surface area (Å²) in [6.45, 7) is 3.88. The Morgan fingerprint density at radius 2 is 1.82 bits per heavy atom. The van der Waals surface area contributed by atoms with Crippen molar-refractivity contribution >= 4 is 16.8 Å². The van der Waals surface area contributed by atoms with Gasteiger partial charge in [-0.05, 0) is 55.5 Å². The number of benzene rings is 1. The van der Waals surface area contributed by atoms with Gasteiger partial charge in [0.1, 0.15) is 0 Å². The van der Waals surface area contributed by atoms with Crippen molar-refractivity contribution in [2.75, 3.05) is 26.2 Å². The second kappa shape index (κ2) is 6.99. The molecule has 2 fully saturated rings. The summed E-state index contributed by atoms with van der Waals surface area (Å²) in [4.78, 5) is 24.4. The highest BCUT2D eigenvalue weighted by Gasteiger charge is 2.38. The molecule has 0 unspecified atom stereocenters. The lowest BCUT2D eigenvalue weighted by Gasteiger charge is -2.39. The summed E-state index contributed by atoms with van der Waals surface area (Å²) in [6.07, 6.45) is 6.93. The summed E-state index contributed by atoms with van der Waals surface area (Å²) < 4.78 is 0. The number of para-hydroxylation sites is 1. The number of likely N-dealkylation sites (tertiary alicyclic amines) is 1. The smallest absolute Gasteiger partial charge is 0.254 e. The molecular weight excluding hydrogens is 348 g/mol. The number of nitrogens with one attached hydrogen (secondary N) is 1. The monoisotopic (exact) mass is 372 g/mol. The van der Waals surface area contributed by atoms with Gasteiger partial charge in [-0.2, -0.15) is 0 Å². The second-order valence-electron chi connectivity index (χ2n) is 8.03. The van der Waals surface area contributed by atoms with Crippen LogP contribution in [0.3, 0.4) is 0 Å². The van der Waals surface area contributed by atoms with Crippen molar-refractivity contribution in [3.63, 3.8) is 0 Å². The Labute approximate surface area is 164 Å². The van der Waals surface area contributed by atoms with Crippen LogP contribution in [0.5, 0.6) is 0 Å². The van der Waals surface area contributed by atoms with Crippen LogP contribution >= 0.6 is 0 Å². The molecule has 0 saturated carbocycles. The average Bonchev–Trinajstić information content (AvgIpc) is 3.21. The quantitative estimate of drug-likeness (QED) is 0.748. The zero-order valence-electron chi connectivity index (χ0n) is 15.9. The molecule has 0 bridgehead atoms. The van der Waals surface area contributed by atoms with Gasteiger partial charge in [0.25, 0.3) is 5.91 Å². The van der Waals surface area contributed by atoms with Crippen LogP contribution in [-0.2, 0) is 0 Å². The first-order valence-corrected chi connectivity index (χ1v) is 10.0. The fraction of sp³-hybridized carbons (Fsp3) is 0.348. The first kappa shape index (κ1) is 17.3. The van der Waals surface area contributed by atoms with Crippen molar-refractivity contribution in [3.05, 3.63) is 60.4 Å². The number of amides is 1. The summed E-state index contributed by atoms with van der Waals surface area (Å²) in [5.74, 6) is 0.120. The summed E-state index contributed by atoms with van der Waals surface area (Å²) >= 11 is 0. The maximum atomic E-state index is 13.5. The molecule has 142 valence electrons. The van der Waals surface area contributed by atoms with Gasteiger partial charge in [-0.25, -0.2) is 4.98 Å². The molecule has 1 spiro atoms. The summed E-state index contributed by atoms with van der Waals surface area (Å²) in [6, 6.07) is 13.7. The zero-order valence-corrected chi connectivity index (χ0v) is 15.9. The van der Waals surface area contributed by atoms with Crippen molar-refractivity contribution in [1.29, 1.82) is 0 Å². The Balaban J connectivity index is 1.50. The molecule has 2 saturated heterocycles. The number of carbonyl (C=O) groups excluding carboxylic acids is 1. The van der Waals surface area contributed by atoms with Gasteiger partial charge in [0, 0.05) is 43.0 Å². The van der Waals surface area contributed by atoms with Crippen LogP contribution in [0.1, 0.15) is 29.6 Å². The molecule has 1 aromatic carbocycles. The number of hydrogen-bond donors (Lipinski definition) is 1. The Morgan fingerprint density at radius 1 is 1.04 bits per heavy atom. The first-order chi connectivity index (χ1) is 13.7. The van der Waals surface area contributed by atoms with Gasteiger partial charge in [0.05, 0.1) is 16.8 Å². The molecule has 5 nitrogen and oxygen atoms in total. The normalized spacial score (nSPS) is 18.6. The molecule has 2 aromatic heterocycles. The van der Waals surface area contributed by atoms with Crippen LogP contribution in [0, 0.1) is 5.41 Å². The predicted octanol–water partition coefficient (Wildman–Crippen LogP) is 3.51. The van der Waals surface area contributed by atoms with Gasteiger partial charge in [-0.15, -0.1) is 0 Å². The summed E-state index contributed by atoms with van der Waals surface area (Å²) in [5, 5.41) is 4.42. The number of piperidine rings is 1. The van der Waals surface area contributed by atoms with E-state index in [0.29, 0.717) is 5.41 Å². The molecule has 28 heavy (non-hydrogen) atoms. The predicted molar refractivity (Wildman–Crippen MR) is 110 cm³/mol. The minimum atomic E-state index is 0.120. The van der Waals surface area contributed by atoms with Crippen molar-refractivity contribution in [3.8, 4) is 11.3 Å². The van der Waals surface area contributed by atoms with Crippen LogP contribution in [0.2, 0.25) is 0 Å². The molecule has 1 amide bonds. The average molecular weight is 372 g/mol. The van der Waals surface area contributed by atoms with E-state index in [2.05, 4.69) is 10.3 Å².